The molecule has 3 nitrogen and oxygen atoms in total. The number of hydrogen-bond donors (Lipinski definition) is 1. The number of hydrogen-bond acceptors (Lipinski definition) is 3. The van der Waals surface area contributed by atoms with Crippen molar-refractivity contribution in [3.63, 3.8) is 0 Å². The summed E-state index contributed by atoms with van der Waals surface area (Å²) in [5, 5.41) is 3.34. The van der Waals surface area contributed by atoms with Crippen molar-refractivity contribution in [1.29, 1.82) is 0 Å². The molecule has 0 spiro atoms. The van der Waals surface area contributed by atoms with Gasteiger partial charge in [0.05, 0.1) is 6.61 Å². The lowest BCUT2D eigenvalue weighted by atomic mass is 10.2. The maximum Gasteiger partial charge on any atom is 0.0591 e. The van der Waals surface area contributed by atoms with Crippen LogP contribution in [0.3, 0.4) is 0 Å². The molecule has 17 heavy (non-hydrogen) atoms. The van der Waals surface area contributed by atoms with Gasteiger partial charge in [0.25, 0.3) is 0 Å². The summed E-state index contributed by atoms with van der Waals surface area (Å²) in [5.41, 5.74) is 0. The molecule has 0 unspecified atom stereocenters. The number of rotatable bonds is 10. The van der Waals surface area contributed by atoms with Crippen molar-refractivity contribution in [1.82, 2.24) is 10.2 Å². The average Bonchev–Trinajstić information content (AvgIpc) is 2.14. The molecule has 0 aromatic heterocycles. The Balaban J connectivity index is 0. The van der Waals surface area contributed by atoms with Crippen LogP contribution >= 0.6 is 0 Å². The molecule has 106 valence electrons. The highest BCUT2D eigenvalue weighted by molar-refractivity contribution is 4.55. The monoisotopic (exact) mass is 246 g/mol. The Morgan fingerprint density at radius 3 is 2.29 bits per heavy atom. The van der Waals surface area contributed by atoms with Crippen LogP contribution in [-0.4, -0.2) is 50.8 Å². The first-order chi connectivity index (χ1) is 7.52. The van der Waals surface area contributed by atoms with Crippen LogP contribution in [0.5, 0.6) is 0 Å². The van der Waals surface area contributed by atoms with E-state index in [1.165, 1.54) is 6.54 Å². The largest absolute Gasteiger partial charge is 0.380 e. The smallest absolute Gasteiger partial charge is 0.0591 e. The molecule has 0 heterocycles. The van der Waals surface area contributed by atoms with Gasteiger partial charge in [-0.2, -0.15) is 0 Å². The highest BCUT2D eigenvalue weighted by Gasteiger charge is 2.00. The highest BCUT2D eigenvalue weighted by atomic mass is 16.5. The topological polar surface area (TPSA) is 24.5 Å². The SMILES string of the molecule is C.CC(C)CN(C)CCCOCCNC(C)C. The zero-order valence-corrected chi connectivity index (χ0v) is 11.8. The lowest BCUT2D eigenvalue weighted by molar-refractivity contribution is 0.123. The second kappa shape index (κ2) is 12.3. The zero-order valence-electron chi connectivity index (χ0n) is 11.8. The Labute approximate surface area is 109 Å². The Morgan fingerprint density at radius 2 is 1.76 bits per heavy atom. The molecule has 0 aliphatic rings. The number of ether oxygens (including phenoxy) is 1. The minimum absolute atomic E-state index is 0. The Kier molecular flexibility index (Phi) is 14.0. The lowest BCUT2D eigenvalue weighted by Gasteiger charge is -2.18. The van der Waals surface area contributed by atoms with Gasteiger partial charge in [0.2, 0.25) is 0 Å². The minimum atomic E-state index is 0. The van der Waals surface area contributed by atoms with E-state index < -0.39 is 0 Å². The summed E-state index contributed by atoms with van der Waals surface area (Å²) in [5.74, 6) is 0.751. The quantitative estimate of drug-likeness (QED) is 0.600. The third-order valence-corrected chi connectivity index (χ3v) is 2.30. The summed E-state index contributed by atoms with van der Waals surface area (Å²) in [6, 6.07) is 0.556. The van der Waals surface area contributed by atoms with Crippen molar-refractivity contribution in [2.45, 2.75) is 47.6 Å². The minimum Gasteiger partial charge on any atom is -0.380 e. The first-order valence-corrected chi connectivity index (χ1v) is 6.52. The first-order valence-electron chi connectivity index (χ1n) is 6.52. The van der Waals surface area contributed by atoms with Crippen LogP contribution in [0.2, 0.25) is 0 Å². The lowest BCUT2D eigenvalue weighted by Crippen LogP contribution is -2.27. The molecular weight excluding hydrogens is 212 g/mol. The highest BCUT2D eigenvalue weighted by Crippen LogP contribution is 1.96. The van der Waals surface area contributed by atoms with Gasteiger partial charge in [-0.3, -0.25) is 0 Å². The summed E-state index contributed by atoms with van der Waals surface area (Å²) >= 11 is 0. The molecule has 0 saturated carbocycles. The van der Waals surface area contributed by atoms with Gasteiger partial charge in [-0.25, -0.2) is 0 Å². The molecule has 0 aromatic rings. The summed E-state index contributed by atoms with van der Waals surface area (Å²) in [4.78, 5) is 2.38. The third kappa shape index (κ3) is 15.9. The van der Waals surface area contributed by atoms with Crippen LogP contribution in [-0.2, 0) is 4.74 Å². The standard InChI is InChI=1S/C13H30N2O.CH4/c1-12(2)11-15(5)8-6-9-16-10-7-14-13(3)4;/h12-14H,6-11H2,1-5H3;1H4. The normalized spacial score (nSPS) is 11.3. The summed E-state index contributed by atoms with van der Waals surface area (Å²) in [7, 11) is 2.18. The third-order valence-electron chi connectivity index (χ3n) is 2.30. The van der Waals surface area contributed by atoms with Crippen LogP contribution in [0.15, 0.2) is 0 Å². The molecule has 1 N–H and O–H groups in total. The van der Waals surface area contributed by atoms with Gasteiger partial charge in [0, 0.05) is 32.3 Å². The van der Waals surface area contributed by atoms with Crippen LogP contribution in [0.4, 0.5) is 0 Å². The summed E-state index contributed by atoms with van der Waals surface area (Å²) in [6.07, 6.45) is 1.13. The predicted octanol–water partition coefficient (Wildman–Crippen LogP) is 2.62. The van der Waals surface area contributed by atoms with Gasteiger partial charge < -0.3 is 15.0 Å². The molecule has 0 radical (unpaired) electrons. The second-order valence-electron chi connectivity index (χ2n) is 5.23. The van der Waals surface area contributed by atoms with E-state index in [4.69, 9.17) is 4.74 Å². The van der Waals surface area contributed by atoms with Gasteiger partial charge >= 0.3 is 0 Å². The molecule has 0 saturated heterocycles. The summed E-state index contributed by atoms with van der Waals surface area (Å²) < 4.78 is 5.55. The number of nitrogens with zero attached hydrogens (tertiary/aromatic N) is 1. The van der Waals surface area contributed by atoms with E-state index in [2.05, 4.69) is 45.0 Å². The van der Waals surface area contributed by atoms with E-state index in [-0.39, 0.29) is 7.43 Å². The fraction of sp³-hybridized carbons (Fsp3) is 1.00. The Morgan fingerprint density at radius 1 is 1.12 bits per heavy atom. The molecule has 0 bridgehead atoms. The van der Waals surface area contributed by atoms with Crippen LogP contribution in [0, 0.1) is 5.92 Å². The van der Waals surface area contributed by atoms with E-state index >= 15 is 0 Å². The molecule has 0 aromatic carbocycles. The fourth-order valence-corrected chi connectivity index (χ4v) is 1.67. The predicted molar refractivity (Wildman–Crippen MR) is 77.6 cm³/mol. The van der Waals surface area contributed by atoms with Gasteiger partial charge in [-0.1, -0.05) is 35.1 Å². The van der Waals surface area contributed by atoms with Crippen molar-refractivity contribution < 1.29 is 4.74 Å². The number of nitrogens with one attached hydrogen (secondary N) is 1. The second-order valence-corrected chi connectivity index (χ2v) is 5.23. The van der Waals surface area contributed by atoms with Crippen LogP contribution in [0.1, 0.15) is 41.5 Å². The maximum atomic E-state index is 5.55. The van der Waals surface area contributed by atoms with Gasteiger partial charge in [0.15, 0.2) is 0 Å². The van der Waals surface area contributed by atoms with E-state index in [9.17, 15) is 0 Å². The van der Waals surface area contributed by atoms with Crippen molar-refractivity contribution in [3.8, 4) is 0 Å². The van der Waals surface area contributed by atoms with Gasteiger partial charge in [-0.15, -0.1) is 0 Å². The molecule has 3 heteroatoms. The van der Waals surface area contributed by atoms with Crippen molar-refractivity contribution in [3.05, 3.63) is 0 Å². The van der Waals surface area contributed by atoms with E-state index in [0.717, 1.165) is 38.6 Å². The van der Waals surface area contributed by atoms with Crippen molar-refractivity contribution >= 4 is 0 Å². The van der Waals surface area contributed by atoms with E-state index in [0.29, 0.717) is 6.04 Å². The molecule has 0 aliphatic heterocycles. The first kappa shape index (κ1) is 19.2. The van der Waals surface area contributed by atoms with Crippen molar-refractivity contribution in [2.24, 2.45) is 5.92 Å². The zero-order chi connectivity index (χ0) is 12.4. The summed E-state index contributed by atoms with van der Waals surface area (Å²) in [6.45, 7) is 13.8. The van der Waals surface area contributed by atoms with Crippen molar-refractivity contribution in [2.75, 3.05) is 39.9 Å². The molecule has 0 atom stereocenters. The van der Waals surface area contributed by atoms with E-state index in [1.807, 2.05) is 0 Å². The Hall–Kier alpha value is -0.120. The molecule has 0 fully saturated rings. The fourth-order valence-electron chi connectivity index (χ4n) is 1.67. The van der Waals surface area contributed by atoms with Gasteiger partial charge in [-0.05, 0) is 19.4 Å². The van der Waals surface area contributed by atoms with E-state index in [1.54, 1.807) is 0 Å². The molecule has 0 rings (SSSR count). The van der Waals surface area contributed by atoms with Crippen LogP contribution < -0.4 is 5.32 Å². The molecule has 0 amide bonds. The van der Waals surface area contributed by atoms with Crippen LogP contribution in [0.25, 0.3) is 0 Å². The molecule has 0 aliphatic carbocycles. The van der Waals surface area contributed by atoms with Gasteiger partial charge in [0.1, 0.15) is 0 Å². The molecular formula is C14H34N2O. The Bertz CT molecular complexity index is 149. The average molecular weight is 246 g/mol. The maximum absolute atomic E-state index is 5.55.